The molecular weight excluding hydrogens is 320 g/mol. The standard InChI is InChI=1S/C19H18N2O4/c1-12-6-4-9-15(16(12)20)19(24)25-11-5-10-21-17(22)13-7-2-3-8-14(13)18(21)23/h2-4,6-9H,5,10-11,20H2,1H3. The zero-order chi connectivity index (χ0) is 18.0. The van der Waals surface area contributed by atoms with Crippen molar-refractivity contribution in [1.29, 1.82) is 0 Å². The maximum absolute atomic E-state index is 12.2. The number of imide groups is 1. The number of carbonyl (C=O) groups excluding carboxylic acids is 3. The summed E-state index contributed by atoms with van der Waals surface area (Å²) in [5.74, 6) is -1.13. The van der Waals surface area contributed by atoms with Crippen LogP contribution in [0.3, 0.4) is 0 Å². The van der Waals surface area contributed by atoms with Gasteiger partial charge >= 0.3 is 5.97 Å². The number of hydrogen-bond donors (Lipinski definition) is 1. The molecule has 25 heavy (non-hydrogen) atoms. The number of amides is 2. The Morgan fingerprint density at radius 1 is 1.04 bits per heavy atom. The Morgan fingerprint density at radius 3 is 2.32 bits per heavy atom. The summed E-state index contributed by atoms with van der Waals surface area (Å²) >= 11 is 0. The smallest absolute Gasteiger partial charge is 0.340 e. The van der Waals surface area contributed by atoms with Crippen LogP contribution in [0, 0.1) is 6.92 Å². The van der Waals surface area contributed by atoms with Crippen molar-refractivity contribution in [2.45, 2.75) is 13.3 Å². The number of hydrogen-bond acceptors (Lipinski definition) is 5. The van der Waals surface area contributed by atoms with Gasteiger partial charge in [-0.2, -0.15) is 0 Å². The van der Waals surface area contributed by atoms with Gasteiger partial charge in [0.05, 0.1) is 23.3 Å². The number of nitrogen functional groups attached to an aromatic ring is 1. The third-order valence-corrected chi connectivity index (χ3v) is 4.18. The van der Waals surface area contributed by atoms with Crippen molar-refractivity contribution in [3.05, 3.63) is 64.7 Å². The SMILES string of the molecule is Cc1cccc(C(=O)OCCCN2C(=O)c3ccccc3C2=O)c1N. The van der Waals surface area contributed by atoms with Gasteiger partial charge < -0.3 is 10.5 Å². The predicted octanol–water partition coefficient (Wildman–Crippen LogP) is 2.42. The van der Waals surface area contributed by atoms with Crippen molar-refractivity contribution in [2.75, 3.05) is 18.9 Å². The third kappa shape index (κ3) is 3.10. The second-order valence-electron chi connectivity index (χ2n) is 5.83. The Morgan fingerprint density at radius 2 is 1.68 bits per heavy atom. The molecule has 2 N–H and O–H groups in total. The van der Waals surface area contributed by atoms with Crippen LogP contribution in [0.4, 0.5) is 5.69 Å². The van der Waals surface area contributed by atoms with Crippen LogP contribution < -0.4 is 5.73 Å². The number of aryl methyl sites for hydroxylation is 1. The van der Waals surface area contributed by atoms with Crippen LogP contribution in [0.25, 0.3) is 0 Å². The summed E-state index contributed by atoms with van der Waals surface area (Å²) in [6, 6.07) is 11.9. The van der Waals surface area contributed by atoms with Crippen LogP contribution in [-0.4, -0.2) is 35.8 Å². The van der Waals surface area contributed by atoms with E-state index in [1.807, 2.05) is 13.0 Å². The van der Waals surface area contributed by atoms with Crippen molar-refractivity contribution in [3.63, 3.8) is 0 Å². The molecule has 6 heteroatoms. The quantitative estimate of drug-likeness (QED) is 0.391. The molecule has 0 fully saturated rings. The third-order valence-electron chi connectivity index (χ3n) is 4.18. The molecule has 1 aliphatic heterocycles. The molecule has 0 bridgehead atoms. The first kappa shape index (κ1) is 16.7. The number of para-hydroxylation sites is 1. The molecule has 128 valence electrons. The number of nitrogens with zero attached hydrogens (tertiary/aromatic N) is 1. The van der Waals surface area contributed by atoms with Crippen LogP contribution in [0.15, 0.2) is 42.5 Å². The molecule has 0 aromatic heterocycles. The number of nitrogens with two attached hydrogens (primary N) is 1. The highest BCUT2D eigenvalue weighted by Gasteiger charge is 2.34. The number of carbonyl (C=O) groups is 3. The molecule has 0 aliphatic carbocycles. The van der Waals surface area contributed by atoms with Gasteiger partial charge in [-0.05, 0) is 37.1 Å². The van der Waals surface area contributed by atoms with Crippen LogP contribution in [0.1, 0.15) is 43.1 Å². The molecule has 1 heterocycles. The lowest BCUT2D eigenvalue weighted by molar-refractivity contribution is 0.0483. The molecule has 2 aromatic rings. The molecule has 1 aliphatic rings. The van der Waals surface area contributed by atoms with E-state index in [4.69, 9.17) is 10.5 Å². The van der Waals surface area contributed by atoms with E-state index in [0.717, 1.165) is 5.56 Å². The molecule has 0 unspecified atom stereocenters. The van der Waals surface area contributed by atoms with Gasteiger partial charge in [-0.3, -0.25) is 14.5 Å². The van der Waals surface area contributed by atoms with E-state index < -0.39 is 5.97 Å². The molecule has 2 amide bonds. The van der Waals surface area contributed by atoms with Crippen LogP contribution in [0.5, 0.6) is 0 Å². The van der Waals surface area contributed by atoms with Gasteiger partial charge in [0.25, 0.3) is 11.8 Å². The molecule has 0 radical (unpaired) electrons. The molecule has 3 rings (SSSR count). The summed E-state index contributed by atoms with van der Waals surface area (Å²) in [6.45, 7) is 2.11. The topological polar surface area (TPSA) is 89.7 Å². The Labute approximate surface area is 145 Å². The number of rotatable bonds is 5. The highest BCUT2D eigenvalue weighted by Crippen LogP contribution is 2.22. The zero-order valence-electron chi connectivity index (χ0n) is 13.8. The Bertz CT molecular complexity index is 825. The van der Waals surface area contributed by atoms with Gasteiger partial charge in [-0.25, -0.2) is 4.79 Å². The first-order valence-corrected chi connectivity index (χ1v) is 7.98. The van der Waals surface area contributed by atoms with Crippen LogP contribution >= 0.6 is 0 Å². The van der Waals surface area contributed by atoms with Crippen molar-refractivity contribution in [1.82, 2.24) is 4.90 Å². The van der Waals surface area contributed by atoms with Gasteiger partial charge in [0.1, 0.15) is 0 Å². The van der Waals surface area contributed by atoms with E-state index in [9.17, 15) is 14.4 Å². The highest BCUT2D eigenvalue weighted by atomic mass is 16.5. The summed E-state index contributed by atoms with van der Waals surface area (Å²) in [5, 5.41) is 0. The van der Waals surface area contributed by atoms with Crippen LogP contribution in [-0.2, 0) is 4.74 Å². The summed E-state index contributed by atoms with van der Waals surface area (Å²) in [5.41, 5.74) is 8.22. The minimum Gasteiger partial charge on any atom is -0.462 e. The minimum atomic E-state index is -0.511. The molecular formula is C19H18N2O4. The second-order valence-corrected chi connectivity index (χ2v) is 5.83. The highest BCUT2D eigenvalue weighted by molar-refractivity contribution is 6.21. The predicted molar refractivity (Wildman–Crippen MR) is 92.3 cm³/mol. The number of benzene rings is 2. The maximum atomic E-state index is 12.2. The van der Waals surface area contributed by atoms with Crippen LogP contribution in [0.2, 0.25) is 0 Å². The van der Waals surface area contributed by atoms with E-state index in [1.54, 1.807) is 36.4 Å². The fourth-order valence-corrected chi connectivity index (χ4v) is 2.77. The van der Waals surface area contributed by atoms with E-state index in [2.05, 4.69) is 0 Å². The number of ether oxygens (including phenoxy) is 1. The van der Waals surface area contributed by atoms with E-state index in [-0.39, 0.29) is 25.0 Å². The summed E-state index contributed by atoms with van der Waals surface area (Å²) in [7, 11) is 0. The van der Waals surface area contributed by atoms with E-state index >= 15 is 0 Å². The first-order chi connectivity index (χ1) is 12.0. The largest absolute Gasteiger partial charge is 0.462 e. The van der Waals surface area contributed by atoms with Gasteiger partial charge in [-0.15, -0.1) is 0 Å². The summed E-state index contributed by atoms with van der Waals surface area (Å²) in [4.78, 5) is 37.7. The average molecular weight is 338 g/mol. The molecule has 6 nitrogen and oxygen atoms in total. The van der Waals surface area contributed by atoms with Gasteiger partial charge in [0, 0.05) is 12.2 Å². The monoisotopic (exact) mass is 338 g/mol. The second kappa shape index (κ2) is 6.76. The lowest BCUT2D eigenvalue weighted by Gasteiger charge is -2.14. The fourth-order valence-electron chi connectivity index (χ4n) is 2.77. The Kier molecular flexibility index (Phi) is 4.52. The lowest BCUT2D eigenvalue weighted by atomic mass is 10.1. The summed E-state index contributed by atoms with van der Waals surface area (Å²) in [6.07, 6.45) is 0.364. The van der Waals surface area contributed by atoms with Gasteiger partial charge in [0.15, 0.2) is 0 Å². The number of fused-ring (bicyclic) bond motifs is 1. The molecule has 0 atom stereocenters. The normalized spacial score (nSPS) is 13.1. The summed E-state index contributed by atoms with van der Waals surface area (Å²) < 4.78 is 5.20. The van der Waals surface area contributed by atoms with E-state index in [0.29, 0.717) is 28.8 Å². The fraction of sp³-hybridized carbons (Fsp3) is 0.211. The maximum Gasteiger partial charge on any atom is 0.340 e. The zero-order valence-corrected chi connectivity index (χ0v) is 13.8. The number of anilines is 1. The first-order valence-electron chi connectivity index (χ1n) is 7.98. The van der Waals surface area contributed by atoms with Crippen molar-refractivity contribution in [3.8, 4) is 0 Å². The van der Waals surface area contributed by atoms with Crippen molar-refractivity contribution < 1.29 is 19.1 Å². The Hall–Kier alpha value is -3.15. The van der Waals surface area contributed by atoms with E-state index in [1.165, 1.54) is 4.90 Å². The average Bonchev–Trinajstić information content (AvgIpc) is 2.86. The minimum absolute atomic E-state index is 0.0968. The molecule has 0 spiro atoms. The van der Waals surface area contributed by atoms with Gasteiger partial charge in [0.2, 0.25) is 0 Å². The van der Waals surface area contributed by atoms with Crippen molar-refractivity contribution in [2.24, 2.45) is 0 Å². The lowest BCUT2D eigenvalue weighted by Crippen LogP contribution is -2.31. The molecule has 2 aromatic carbocycles. The molecule has 0 saturated heterocycles. The Balaban J connectivity index is 1.54. The van der Waals surface area contributed by atoms with Gasteiger partial charge in [-0.1, -0.05) is 24.3 Å². The number of esters is 1. The van der Waals surface area contributed by atoms with Crippen molar-refractivity contribution >= 4 is 23.5 Å². The molecule has 0 saturated carbocycles.